The zero-order chi connectivity index (χ0) is 9.47. The Balaban J connectivity index is 1.78. The topological polar surface area (TPSA) is 79.3 Å². The Morgan fingerprint density at radius 2 is 2.23 bits per heavy atom. The molecule has 2 fully saturated rings. The fraction of sp³-hybridized carbons (Fsp3) is 1.00. The smallest absolute Gasteiger partial charge is 0.369 e. The molecule has 0 aromatic carbocycles. The second-order valence-corrected chi connectivity index (χ2v) is 4.86. The summed E-state index contributed by atoms with van der Waals surface area (Å²) in [5.41, 5.74) is 0. The van der Waals surface area contributed by atoms with Crippen molar-refractivity contribution >= 4 is 7.82 Å². The van der Waals surface area contributed by atoms with E-state index in [1.165, 1.54) is 0 Å². The van der Waals surface area contributed by atoms with Gasteiger partial charge in [0.1, 0.15) is 0 Å². The predicted octanol–water partition coefficient (Wildman–Crippen LogP) is 0.663. The molecule has 0 spiro atoms. The molecule has 3 unspecified atom stereocenters. The van der Waals surface area contributed by atoms with Crippen LogP contribution in [0.3, 0.4) is 0 Å². The van der Waals surface area contributed by atoms with Gasteiger partial charge in [-0.2, -0.15) is 0 Å². The third kappa shape index (κ3) is 2.51. The molecule has 3 atom stereocenters. The highest BCUT2D eigenvalue weighted by molar-refractivity contribution is 7.46. The van der Waals surface area contributed by atoms with Crippen molar-refractivity contribution in [1.29, 1.82) is 0 Å². The molecule has 0 bridgehead atoms. The standard InChI is InChI=1S/C7H13O5P/c8-13(9,10)11-4-5-2-1-3-6-7(5)12-6/h5-7H,1-4H2,(H2,8,9,10). The van der Waals surface area contributed by atoms with Crippen molar-refractivity contribution in [1.82, 2.24) is 0 Å². The molecule has 1 saturated heterocycles. The first kappa shape index (κ1) is 9.62. The quantitative estimate of drug-likeness (QED) is 0.526. The minimum atomic E-state index is -4.30. The number of epoxide rings is 1. The molecule has 2 N–H and O–H groups in total. The molecular formula is C7H13O5P. The van der Waals surface area contributed by atoms with Crippen LogP contribution in [0, 0.1) is 5.92 Å². The lowest BCUT2D eigenvalue weighted by Crippen LogP contribution is -2.20. The summed E-state index contributed by atoms with van der Waals surface area (Å²) >= 11 is 0. The van der Waals surface area contributed by atoms with Crippen LogP contribution in [-0.4, -0.2) is 28.6 Å². The van der Waals surface area contributed by atoms with E-state index >= 15 is 0 Å². The van der Waals surface area contributed by atoms with Gasteiger partial charge >= 0.3 is 7.82 Å². The average Bonchev–Trinajstić information content (AvgIpc) is 2.77. The Hall–Kier alpha value is 0.0700. The van der Waals surface area contributed by atoms with Crippen LogP contribution in [0.4, 0.5) is 0 Å². The minimum Gasteiger partial charge on any atom is -0.369 e. The molecule has 2 rings (SSSR count). The van der Waals surface area contributed by atoms with Crippen LogP contribution in [0.25, 0.3) is 0 Å². The monoisotopic (exact) mass is 208 g/mol. The Labute approximate surface area is 76.3 Å². The Kier molecular flexibility index (Phi) is 2.47. The van der Waals surface area contributed by atoms with Crippen molar-refractivity contribution in [2.24, 2.45) is 5.92 Å². The number of ether oxygens (including phenoxy) is 1. The van der Waals surface area contributed by atoms with Gasteiger partial charge in [-0.15, -0.1) is 0 Å². The first-order valence-electron chi connectivity index (χ1n) is 4.42. The molecule has 76 valence electrons. The zero-order valence-corrected chi connectivity index (χ0v) is 8.02. The molecule has 0 aromatic heterocycles. The molecule has 6 heteroatoms. The number of hydrogen-bond donors (Lipinski definition) is 2. The van der Waals surface area contributed by atoms with E-state index in [4.69, 9.17) is 14.5 Å². The average molecular weight is 208 g/mol. The summed E-state index contributed by atoms with van der Waals surface area (Å²) in [6.45, 7) is 0.117. The summed E-state index contributed by atoms with van der Waals surface area (Å²) < 4.78 is 20.2. The summed E-state index contributed by atoms with van der Waals surface area (Å²) in [6, 6.07) is 0. The van der Waals surface area contributed by atoms with Gasteiger partial charge in [-0.1, -0.05) is 6.42 Å². The lowest BCUT2D eigenvalue weighted by molar-refractivity contribution is 0.147. The summed E-state index contributed by atoms with van der Waals surface area (Å²) in [5.74, 6) is 0.173. The highest BCUT2D eigenvalue weighted by atomic mass is 31.2. The van der Waals surface area contributed by atoms with E-state index in [0.29, 0.717) is 6.10 Å². The van der Waals surface area contributed by atoms with Crippen molar-refractivity contribution in [3.63, 3.8) is 0 Å². The number of phosphoric ester groups is 1. The van der Waals surface area contributed by atoms with Gasteiger partial charge in [-0.25, -0.2) is 4.57 Å². The number of fused-ring (bicyclic) bond motifs is 1. The molecule has 0 aromatic rings. The molecule has 1 aliphatic carbocycles. The van der Waals surface area contributed by atoms with E-state index in [1.54, 1.807) is 0 Å². The first-order chi connectivity index (χ1) is 6.06. The number of rotatable bonds is 3. The third-order valence-electron chi connectivity index (χ3n) is 2.61. The zero-order valence-electron chi connectivity index (χ0n) is 7.13. The van der Waals surface area contributed by atoms with Gasteiger partial charge in [-0.3, -0.25) is 4.52 Å². The fourth-order valence-electron chi connectivity index (χ4n) is 1.92. The maximum absolute atomic E-state index is 10.4. The molecule has 2 aliphatic rings. The summed E-state index contributed by atoms with van der Waals surface area (Å²) in [4.78, 5) is 17.0. The molecule has 0 radical (unpaired) electrons. The Morgan fingerprint density at radius 3 is 2.92 bits per heavy atom. The third-order valence-corrected chi connectivity index (χ3v) is 3.09. The summed E-state index contributed by atoms with van der Waals surface area (Å²) in [7, 11) is -4.30. The van der Waals surface area contributed by atoms with Crippen LogP contribution in [0.15, 0.2) is 0 Å². The molecule has 0 amide bonds. The lowest BCUT2D eigenvalue weighted by Gasteiger charge is -2.17. The van der Waals surface area contributed by atoms with Gasteiger partial charge in [0.2, 0.25) is 0 Å². The molecule has 1 aliphatic heterocycles. The molecule has 1 heterocycles. The van der Waals surface area contributed by atoms with E-state index in [9.17, 15) is 4.57 Å². The van der Waals surface area contributed by atoms with E-state index in [0.717, 1.165) is 19.3 Å². The number of phosphoric acid groups is 1. The normalized spacial score (nSPS) is 38.5. The van der Waals surface area contributed by atoms with Crippen LogP contribution >= 0.6 is 7.82 Å². The van der Waals surface area contributed by atoms with Gasteiger partial charge in [-0.05, 0) is 12.8 Å². The maximum Gasteiger partial charge on any atom is 0.469 e. The largest absolute Gasteiger partial charge is 0.469 e. The molecule has 5 nitrogen and oxygen atoms in total. The van der Waals surface area contributed by atoms with Crippen LogP contribution in [0.1, 0.15) is 19.3 Å². The van der Waals surface area contributed by atoms with Crippen LogP contribution in [0.2, 0.25) is 0 Å². The second-order valence-electron chi connectivity index (χ2n) is 3.62. The van der Waals surface area contributed by atoms with Gasteiger partial charge in [0.25, 0.3) is 0 Å². The molecule has 1 saturated carbocycles. The number of hydrogen-bond acceptors (Lipinski definition) is 3. The van der Waals surface area contributed by atoms with Crippen molar-refractivity contribution in [2.75, 3.05) is 6.61 Å². The van der Waals surface area contributed by atoms with Crippen molar-refractivity contribution in [3.8, 4) is 0 Å². The second kappa shape index (κ2) is 3.33. The minimum absolute atomic E-state index is 0.117. The first-order valence-corrected chi connectivity index (χ1v) is 5.95. The van der Waals surface area contributed by atoms with E-state index < -0.39 is 7.82 Å². The highest BCUT2D eigenvalue weighted by Gasteiger charge is 2.47. The van der Waals surface area contributed by atoms with E-state index in [-0.39, 0.29) is 18.6 Å². The SMILES string of the molecule is O=P(O)(O)OCC1CCCC2OC12. The predicted molar refractivity (Wildman–Crippen MR) is 44.0 cm³/mol. The van der Waals surface area contributed by atoms with Crippen LogP contribution in [-0.2, 0) is 13.8 Å². The summed E-state index contributed by atoms with van der Waals surface area (Å²) in [6.07, 6.45) is 3.62. The van der Waals surface area contributed by atoms with Crippen molar-refractivity contribution < 1.29 is 23.6 Å². The highest BCUT2D eigenvalue weighted by Crippen LogP contribution is 2.43. The van der Waals surface area contributed by atoms with Crippen molar-refractivity contribution in [2.45, 2.75) is 31.5 Å². The maximum atomic E-state index is 10.4. The van der Waals surface area contributed by atoms with Crippen LogP contribution < -0.4 is 0 Å². The van der Waals surface area contributed by atoms with Crippen LogP contribution in [0.5, 0.6) is 0 Å². The van der Waals surface area contributed by atoms with Gasteiger partial charge in [0, 0.05) is 5.92 Å². The molecule has 13 heavy (non-hydrogen) atoms. The molecular weight excluding hydrogens is 195 g/mol. The van der Waals surface area contributed by atoms with E-state index in [1.807, 2.05) is 0 Å². The van der Waals surface area contributed by atoms with Gasteiger partial charge < -0.3 is 14.5 Å². The summed E-state index contributed by atoms with van der Waals surface area (Å²) in [5, 5.41) is 0. The Bertz CT molecular complexity index is 237. The fourth-order valence-corrected chi connectivity index (χ4v) is 2.31. The van der Waals surface area contributed by atoms with Gasteiger partial charge in [0.15, 0.2) is 0 Å². The van der Waals surface area contributed by atoms with Crippen molar-refractivity contribution in [3.05, 3.63) is 0 Å². The van der Waals surface area contributed by atoms with E-state index in [2.05, 4.69) is 4.52 Å². The Morgan fingerprint density at radius 1 is 1.46 bits per heavy atom. The lowest BCUT2D eigenvalue weighted by atomic mass is 9.90. The van der Waals surface area contributed by atoms with Gasteiger partial charge in [0.05, 0.1) is 18.8 Å².